The highest BCUT2D eigenvalue weighted by atomic mass is 16.5. The number of hydrogen-bond donors (Lipinski definition) is 0. The lowest BCUT2D eigenvalue weighted by molar-refractivity contribution is 0.284. The van der Waals surface area contributed by atoms with Gasteiger partial charge < -0.3 is 13.9 Å². The largest absolute Gasteiger partial charge is 0.493 e. The topological polar surface area (TPSA) is 48.7 Å². The first-order valence-electron chi connectivity index (χ1n) is 11.2. The molecule has 1 aromatic heterocycles. The molecule has 1 saturated carbocycles. The monoisotopic (exact) mass is 430 g/mol. The quantitative estimate of drug-likeness (QED) is 0.249. The second-order valence-corrected chi connectivity index (χ2v) is 8.68. The normalized spacial score (nSPS) is 12.5. The van der Waals surface area contributed by atoms with E-state index in [4.69, 9.17) is 13.9 Å². The maximum absolute atomic E-state index is 12.6. The zero-order valence-electron chi connectivity index (χ0n) is 19.2. The Morgan fingerprint density at radius 3 is 2.22 bits per heavy atom. The van der Waals surface area contributed by atoms with Crippen molar-refractivity contribution >= 4 is 21.7 Å². The van der Waals surface area contributed by atoms with Gasteiger partial charge in [0.05, 0.1) is 12.5 Å². The summed E-state index contributed by atoms with van der Waals surface area (Å²) in [6.07, 6.45) is 4.50. The molecule has 0 aliphatic heterocycles. The maximum atomic E-state index is 12.6. The standard InChI is InChI=1S/C25H24O4.C3H6/c1-15(2)18-9-10-19-20-12-23(27-4)24(13-22(20)29-25(26)21(19)11-18)28-14-17-7-5-16(3)6-8-17;1-2-3-1/h5-13,15H,14H2,1-4H3;1-3H2. The van der Waals surface area contributed by atoms with E-state index in [2.05, 4.69) is 19.9 Å². The molecule has 4 aromatic rings. The van der Waals surface area contributed by atoms with Gasteiger partial charge in [-0.15, -0.1) is 0 Å². The van der Waals surface area contributed by atoms with E-state index in [0.717, 1.165) is 21.9 Å². The molecule has 0 unspecified atom stereocenters. The molecule has 0 saturated heterocycles. The zero-order valence-corrected chi connectivity index (χ0v) is 19.2. The fourth-order valence-electron chi connectivity index (χ4n) is 3.43. The molecule has 5 rings (SSSR count). The first-order chi connectivity index (χ1) is 15.5. The lowest BCUT2D eigenvalue weighted by atomic mass is 9.98. The summed E-state index contributed by atoms with van der Waals surface area (Å²) < 4.78 is 17.2. The minimum absolute atomic E-state index is 0.335. The van der Waals surface area contributed by atoms with Crippen LogP contribution in [0.5, 0.6) is 11.5 Å². The van der Waals surface area contributed by atoms with Gasteiger partial charge in [0.2, 0.25) is 0 Å². The van der Waals surface area contributed by atoms with E-state index in [1.54, 1.807) is 13.2 Å². The van der Waals surface area contributed by atoms with Gasteiger partial charge in [0.1, 0.15) is 12.2 Å². The predicted octanol–water partition coefficient (Wildman–Crippen LogP) is 7.14. The number of aryl methyl sites for hydroxylation is 1. The number of ether oxygens (including phenoxy) is 2. The zero-order chi connectivity index (χ0) is 22.7. The van der Waals surface area contributed by atoms with Gasteiger partial charge in [0.15, 0.2) is 11.5 Å². The van der Waals surface area contributed by atoms with Crippen molar-refractivity contribution in [1.82, 2.24) is 0 Å². The van der Waals surface area contributed by atoms with Crippen LogP contribution in [0.25, 0.3) is 21.7 Å². The number of methoxy groups -OCH3 is 1. The first kappa shape index (κ1) is 21.9. The SMILES string of the molecule is C1CC1.COc1cc2c(cc1OCc1ccc(C)cc1)oc(=O)c1cc(C(C)C)ccc12. The molecule has 1 heterocycles. The molecule has 0 bridgehead atoms. The van der Waals surface area contributed by atoms with E-state index in [0.29, 0.717) is 35.0 Å². The lowest BCUT2D eigenvalue weighted by Gasteiger charge is -2.13. The van der Waals surface area contributed by atoms with Crippen LogP contribution in [0.1, 0.15) is 55.7 Å². The van der Waals surface area contributed by atoms with Gasteiger partial charge in [-0.2, -0.15) is 0 Å². The van der Waals surface area contributed by atoms with Crippen LogP contribution in [0.2, 0.25) is 0 Å². The molecule has 0 N–H and O–H groups in total. The Morgan fingerprint density at radius 2 is 1.59 bits per heavy atom. The third-order valence-corrected chi connectivity index (χ3v) is 5.56. The van der Waals surface area contributed by atoms with Gasteiger partial charge in [-0.05, 0) is 36.1 Å². The second-order valence-electron chi connectivity index (χ2n) is 8.68. The van der Waals surface area contributed by atoms with Crippen molar-refractivity contribution in [2.45, 2.75) is 52.6 Å². The molecule has 166 valence electrons. The molecule has 0 atom stereocenters. The molecular formula is C28H30O4. The average Bonchev–Trinajstić information content (AvgIpc) is 3.68. The van der Waals surface area contributed by atoms with Gasteiger partial charge in [-0.3, -0.25) is 0 Å². The Labute approximate surface area is 188 Å². The van der Waals surface area contributed by atoms with Crippen LogP contribution in [0.3, 0.4) is 0 Å². The summed E-state index contributed by atoms with van der Waals surface area (Å²) >= 11 is 0. The van der Waals surface area contributed by atoms with Crippen molar-refractivity contribution in [2.24, 2.45) is 0 Å². The number of benzene rings is 3. The Bertz CT molecular complexity index is 1280. The van der Waals surface area contributed by atoms with Crippen LogP contribution in [-0.4, -0.2) is 7.11 Å². The van der Waals surface area contributed by atoms with Crippen molar-refractivity contribution < 1.29 is 13.9 Å². The summed E-state index contributed by atoms with van der Waals surface area (Å²) in [7, 11) is 1.61. The van der Waals surface area contributed by atoms with E-state index in [-0.39, 0.29) is 5.63 Å². The summed E-state index contributed by atoms with van der Waals surface area (Å²) in [4.78, 5) is 12.6. The molecule has 3 aromatic carbocycles. The smallest absolute Gasteiger partial charge is 0.344 e. The van der Waals surface area contributed by atoms with E-state index >= 15 is 0 Å². The summed E-state index contributed by atoms with van der Waals surface area (Å²) in [5.74, 6) is 1.48. The fraction of sp³-hybridized carbons (Fsp3) is 0.321. The van der Waals surface area contributed by atoms with Crippen LogP contribution in [0.15, 0.2) is 63.8 Å². The highest BCUT2D eigenvalue weighted by molar-refractivity contribution is 6.05. The summed E-state index contributed by atoms with van der Waals surface area (Å²) in [5.41, 5.74) is 3.50. The van der Waals surface area contributed by atoms with Crippen LogP contribution in [-0.2, 0) is 6.61 Å². The Balaban J connectivity index is 0.000000754. The first-order valence-corrected chi connectivity index (χ1v) is 11.2. The van der Waals surface area contributed by atoms with Gasteiger partial charge in [-0.1, -0.05) is 75.1 Å². The van der Waals surface area contributed by atoms with Crippen LogP contribution >= 0.6 is 0 Å². The van der Waals surface area contributed by atoms with E-state index < -0.39 is 0 Å². The molecule has 0 amide bonds. The van der Waals surface area contributed by atoms with Crippen LogP contribution in [0, 0.1) is 6.92 Å². The molecule has 1 aliphatic rings. The molecule has 0 radical (unpaired) electrons. The van der Waals surface area contributed by atoms with Crippen LogP contribution < -0.4 is 15.1 Å². The second kappa shape index (κ2) is 9.47. The predicted molar refractivity (Wildman–Crippen MR) is 130 cm³/mol. The van der Waals surface area contributed by atoms with Crippen molar-refractivity contribution in [1.29, 1.82) is 0 Å². The van der Waals surface area contributed by atoms with Crippen LogP contribution in [0.4, 0.5) is 0 Å². The number of hydrogen-bond acceptors (Lipinski definition) is 4. The van der Waals surface area contributed by atoms with Gasteiger partial charge in [-0.25, -0.2) is 4.79 Å². The summed E-state index contributed by atoms with van der Waals surface area (Å²) in [6, 6.07) is 17.7. The molecule has 4 heteroatoms. The minimum atomic E-state index is -0.343. The van der Waals surface area contributed by atoms with E-state index in [9.17, 15) is 4.79 Å². The van der Waals surface area contributed by atoms with Gasteiger partial charge in [0, 0.05) is 16.8 Å². The average molecular weight is 431 g/mol. The molecule has 1 fully saturated rings. The maximum Gasteiger partial charge on any atom is 0.344 e. The van der Waals surface area contributed by atoms with Gasteiger partial charge in [0.25, 0.3) is 0 Å². The van der Waals surface area contributed by atoms with Crippen molar-refractivity contribution in [3.63, 3.8) is 0 Å². The molecular weight excluding hydrogens is 400 g/mol. The Kier molecular flexibility index (Phi) is 6.50. The third kappa shape index (κ3) is 4.96. The van der Waals surface area contributed by atoms with Crippen molar-refractivity contribution in [3.8, 4) is 11.5 Å². The number of rotatable bonds is 5. The minimum Gasteiger partial charge on any atom is -0.493 e. The highest BCUT2D eigenvalue weighted by Crippen LogP contribution is 2.36. The number of fused-ring (bicyclic) bond motifs is 3. The van der Waals surface area contributed by atoms with Crippen molar-refractivity contribution in [2.75, 3.05) is 7.11 Å². The summed E-state index contributed by atoms with van der Waals surface area (Å²) in [5, 5.41) is 2.26. The van der Waals surface area contributed by atoms with E-state index in [1.165, 1.54) is 24.8 Å². The molecule has 4 nitrogen and oxygen atoms in total. The molecule has 1 aliphatic carbocycles. The summed E-state index contributed by atoms with van der Waals surface area (Å²) in [6.45, 7) is 6.65. The Morgan fingerprint density at radius 1 is 0.875 bits per heavy atom. The van der Waals surface area contributed by atoms with Crippen molar-refractivity contribution in [3.05, 3.63) is 81.7 Å². The molecule has 32 heavy (non-hydrogen) atoms. The van der Waals surface area contributed by atoms with E-state index in [1.807, 2.05) is 49.4 Å². The third-order valence-electron chi connectivity index (χ3n) is 5.56. The Hall–Kier alpha value is -3.27. The lowest BCUT2D eigenvalue weighted by Crippen LogP contribution is -2.03. The van der Waals surface area contributed by atoms with Gasteiger partial charge >= 0.3 is 5.63 Å². The molecule has 0 spiro atoms. The highest BCUT2D eigenvalue weighted by Gasteiger charge is 2.14. The fourth-order valence-corrected chi connectivity index (χ4v) is 3.43.